The molecule has 2 heterocycles. The summed E-state index contributed by atoms with van der Waals surface area (Å²) in [7, 11) is -2.83. The second kappa shape index (κ2) is 9.33. The smallest absolute Gasteiger partial charge is 0.191 e. The van der Waals surface area contributed by atoms with Crippen LogP contribution in [0.5, 0.6) is 0 Å². The molecule has 2 rings (SSSR count). The van der Waals surface area contributed by atoms with Crippen LogP contribution in [0.2, 0.25) is 0 Å². The molecule has 0 spiro atoms. The maximum Gasteiger partial charge on any atom is 0.191 e. The van der Waals surface area contributed by atoms with E-state index in [2.05, 4.69) is 34.5 Å². The lowest BCUT2D eigenvalue weighted by Gasteiger charge is -2.17. The van der Waals surface area contributed by atoms with Crippen LogP contribution < -0.4 is 10.6 Å². The zero-order valence-corrected chi connectivity index (χ0v) is 18.6. The predicted molar refractivity (Wildman–Crippen MR) is 111 cm³/mol. The summed E-state index contributed by atoms with van der Waals surface area (Å²) in [5.41, 5.74) is 1.03. The van der Waals surface area contributed by atoms with Crippen molar-refractivity contribution in [3.05, 3.63) is 15.6 Å². The summed E-state index contributed by atoms with van der Waals surface area (Å²) in [6.45, 7) is 9.33. The van der Waals surface area contributed by atoms with E-state index in [0.29, 0.717) is 18.8 Å². The van der Waals surface area contributed by atoms with E-state index in [0.717, 1.165) is 28.0 Å². The van der Waals surface area contributed by atoms with E-state index >= 15 is 0 Å². The van der Waals surface area contributed by atoms with Crippen LogP contribution in [-0.4, -0.2) is 43.5 Å². The van der Waals surface area contributed by atoms with E-state index < -0.39 is 9.84 Å². The average molecular weight is 486 g/mol. The van der Waals surface area contributed by atoms with Gasteiger partial charge in [0.2, 0.25) is 0 Å². The molecule has 1 aromatic rings. The number of thiazole rings is 1. The molecule has 0 aromatic carbocycles. The van der Waals surface area contributed by atoms with Crippen molar-refractivity contribution in [1.29, 1.82) is 0 Å². The van der Waals surface area contributed by atoms with Gasteiger partial charge in [0.05, 0.1) is 28.8 Å². The van der Waals surface area contributed by atoms with Crippen molar-refractivity contribution in [2.45, 2.75) is 46.7 Å². The van der Waals surface area contributed by atoms with Gasteiger partial charge in [0.1, 0.15) is 0 Å². The Hall–Kier alpha value is -0.420. The van der Waals surface area contributed by atoms with Crippen molar-refractivity contribution in [3.8, 4) is 0 Å². The van der Waals surface area contributed by atoms with Gasteiger partial charge in [-0.2, -0.15) is 0 Å². The van der Waals surface area contributed by atoms with Crippen molar-refractivity contribution < 1.29 is 8.42 Å². The van der Waals surface area contributed by atoms with Crippen LogP contribution in [0.1, 0.15) is 35.8 Å². The summed E-state index contributed by atoms with van der Waals surface area (Å²) < 4.78 is 23.1. The summed E-state index contributed by atoms with van der Waals surface area (Å²) in [4.78, 5) is 10.2. The van der Waals surface area contributed by atoms with E-state index in [1.54, 1.807) is 11.3 Å². The summed E-state index contributed by atoms with van der Waals surface area (Å²) in [6, 6.07) is 0.262. The molecule has 0 amide bonds. The van der Waals surface area contributed by atoms with Gasteiger partial charge < -0.3 is 10.6 Å². The first-order valence-corrected chi connectivity index (χ1v) is 10.6. The van der Waals surface area contributed by atoms with Gasteiger partial charge in [-0.05, 0) is 40.0 Å². The first-order valence-electron chi connectivity index (χ1n) is 7.93. The molecule has 138 valence electrons. The highest BCUT2D eigenvalue weighted by atomic mass is 127. The lowest BCUT2D eigenvalue weighted by molar-refractivity contribution is 0.562. The van der Waals surface area contributed by atoms with Gasteiger partial charge in [-0.25, -0.2) is 18.4 Å². The third kappa shape index (κ3) is 6.83. The fourth-order valence-corrected chi connectivity index (χ4v) is 5.29. The minimum atomic E-state index is -2.83. The Balaban J connectivity index is 0.00000288. The molecule has 1 aliphatic rings. The number of rotatable bonds is 5. The molecule has 2 N–H and O–H groups in total. The van der Waals surface area contributed by atoms with Crippen molar-refractivity contribution >= 4 is 51.1 Å². The highest BCUT2D eigenvalue weighted by molar-refractivity contribution is 14.0. The molecule has 1 saturated heterocycles. The van der Waals surface area contributed by atoms with Gasteiger partial charge in [-0.3, -0.25) is 0 Å². The number of guanidine groups is 1. The molecule has 0 bridgehead atoms. The van der Waals surface area contributed by atoms with Crippen LogP contribution in [-0.2, 0) is 16.4 Å². The zero-order valence-electron chi connectivity index (χ0n) is 14.6. The molecule has 1 aromatic heterocycles. The summed E-state index contributed by atoms with van der Waals surface area (Å²) >= 11 is 1.67. The van der Waals surface area contributed by atoms with E-state index in [1.807, 2.05) is 13.8 Å². The van der Waals surface area contributed by atoms with Crippen LogP contribution >= 0.6 is 35.3 Å². The molecule has 0 radical (unpaired) electrons. The Labute approximate surface area is 165 Å². The molecule has 0 saturated carbocycles. The second-order valence-electron chi connectivity index (χ2n) is 6.36. The van der Waals surface area contributed by atoms with Crippen molar-refractivity contribution in [3.63, 3.8) is 0 Å². The first-order chi connectivity index (χ1) is 10.7. The van der Waals surface area contributed by atoms with E-state index in [9.17, 15) is 8.42 Å². The van der Waals surface area contributed by atoms with Crippen molar-refractivity contribution in [1.82, 2.24) is 15.6 Å². The monoisotopic (exact) mass is 486 g/mol. The van der Waals surface area contributed by atoms with Gasteiger partial charge in [0, 0.05) is 17.5 Å². The Morgan fingerprint density at radius 2 is 2.12 bits per heavy atom. The number of hydrogen-bond donors (Lipinski definition) is 2. The maximum absolute atomic E-state index is 11.5. The average Bonchev–Trinajstić information content (AvgIpc) is 2.94. The SMILES string of the molecule is Cc1nc(C)c(CN=C(NCC2CCS(=O)(=O)C2)NC(C)C)s1.I. The number of sulfone groups is 1. The number of aryl methyl sites for hydroxylation is 2. The zero-order chi connectivity index (χ0) is 17.0. The quantitative estimate of drug-likeness (QED) is 0.379. The molecule has 6 nitrogen and oxygen atoms in total. The lowest BCUT2D eigenvalue weighted by atomic mass is 10.1. The third-order valence-corrected chi connectivity index (χ3v) is 6.59. The van der Waals surface area contributed by atoms with Crippen molar-refractivity contribution in [2.24, 2.45) is 10.9 Å². The number of nitrogens with one attached hydrogen (secondary N) is 2. The fraction of sp³-hybridized carbons (Fsp3) is 0.733. The topological polar surface area (TPSA) is 83.5 Å². The summed E-state index contributed by atoms with van der Waals surface area (Å²) in [5.74, 6) is 1.49. The number of aromatic nitrogens is 1. The third-order valence-electron chi connectivity index (χ3n) is 3.69. The number of nitrogens with zero attached hydrogens (tertiary/aromatic N) is 2. The standard InChI is InChI=1S/C15H26N4O2S2.HI/c1-10(2)18-15(16-7-13-5-6-23(20,21)9-13)17-8-14-11(3)19-12(4)22-14;/h10,13H,5-9H2,1-4H3,(H2,16,17,18);1H. The van der Waals surface area contributed by atoms with Gasteiger partial charge in [-0.1, -0.05) is 0 Å². The van der Waals surface area contributed by atoms with E-state index in [4.69, 9.17) is 0 Å². The first kappa shape index (κ1) is 21.6. The van der Waals surface area contributed by atoms with Crippen LogP contribution in [0.4, 0.5) is 0 Å². The highest BCUT2D eigenvalue weighted by Gasteiger charge is 2.27. The Kier molecular flexibility index (Phi) is 8.40. The molecule has 1 unspecified atom stereocenters. The predicted octanol–water partition coefficient (Wildman–Crippen LogP) is 2.26. The van der Waals surface area contributed by atoms with Crippen LogP contribution in [0.3, 0.4) is 0 Å². The normalized spacial score (nSPS) is 20.0. The van der Waals surface area contributed by atoms with Gasteiger partial charge in [0.15, 0.2) is 15.8 Å². The lowest BCUT2D eigenvalue weighted by Crippen LogP contribution is -2.43. The van der Waals surface area contributed by atoms with Gasteiger partial charge in [0.25, 0.3) is 0 Å². The molecular formula is C15H27IN4O2S2. The molecule has 1 fully saturated rings. The van der Waals surface area contributed by atoms with Gasteiger partial charge >= 0.3 is 0 Å². The van der Waals surface area contributed by atoms with Crippen molar-refractivity contribution in [2.75, 3.05) is 18.1 Å². The van der Waals surface area contributed by atoms with E-state index in [-0.39, 0.29) is 41.7 Å². The number of hydrogen-bond acceptors (Lipinski definition) is 5. The molecule has 9 heteroatoms. The molecule has 24 heavy (non-hydrogen) atoms. The Bertz CT molecular complexity index is 671. The van der Waals surface area contributed by atoms with E-state index in [1.165, 1.54) is 0 Å². The summed E-state index contributed by atoms with van der Waals surface area (Å²) in [6.07, 6.45) is 0.734. The van der Waals surface area contributed by atoms with Crippen LogP contribution in [0.25, 0.3) is 0 Å². The maximum atomic E-state index is 11.5. The largest absolute Gasteiger partial charge is 0.356 e. The molecular weight excluding hydrogens is 459 g/mol. The number of halogens is 1. The Morgan fingerprint density at radius 1 is 1.42 bits per heavy atom. The minimum Gasteiger partial charge on any atom is -0.356 e. The van der Waals surface area contributed by atoms with Crippen LogP contribution in [0.15, 0.2) is 4.99 Å². The highest BCUT2D eigenvalue weighted by Crippen LogP contribution is 2.18. The molecule has 1 aliphatic heterocycles. The number of aliphatic imine (C=N–C) groups is 1. The molecule has 0 aliphatic carbocycles. The summed E-state index contributed by atoms with van der Waals surface area (Å²) in [5, 5.41) is 7.63. The van der Waals surface area contributed by atoms with Crippen LogP contribution in [0, 0.1) is 19.8 Å². The fourth-order valence-electron chi connectivity index (χ4n) is 2.57. The van der Waals surface area contributed by atoms with Gasteiger partial charge in [-0.15, -0.1) is 35.3 Å². The molecule has 1 atom stereocenters. The second-order valence-corrected chi connectivity index (χ2v) is 9.87. The Morgan fingerprint density at radius 3 is 2.62 bits per heavy atom. The minimum absolute atomic E-state index is 0.